The third-order valence-corrected chi connectivity index (χ3v) is 3.21. The van der Waals surface area contributed by atoms with Crippen LogP contribution in [0.25, 0.3) is 4.85 Å². The van der Waals surface area contributed by atoms with E-state index >= 15 is 0 Å². The number of rotatable bonds is 2. The molecule has 0 N–H and O–H groups in total. The van der Waals surface area contributed by atoms with E-state index < -0.39 is 0 Å². The van der Waals surface area contributed by atoms with Gasteiger partial charge in [0.2, 0.25) is 6.04 Å². The predicted octanol–water partition coefficient (Wildman–Crippen LogP) is 2.80. The van der Waals surface area contributed by atoms with Crippen molar-refractivity contribution >= 4 is 0 Å². The van der Waals surface area contributed by atoms with Crippen molar-refractivity contribution in [3.63, 3.8) is 0 Å². The van der Waals surface area contributed by atoms with Gasteiger partial charge in [-0.25, -0.2) is 6.57 Å². The van der Waals surface area contributed by atoms with Gasteiger partial charge in [-0.3, -0.25) is 4.90 Å². The molecule has 1 aliphatic heterocycles. The minimum Gasteiger partial charge on any atom is -0.312 e. The molecule has 0 aromatic heterocycles. The molecule has 1 rings (SSSR count). The van der Waals surface area contributed by atoms with E-state index in [2.05, 4.69) is 37.4 Å². The first kappa shape index (κ1) is 11.5. The van der Waals surface area contributed by atoms with E-state index in [1.54, 1.807) is 0 Å². The minimum atomic E-state index is 0.228. The molecule has 2 unspecified atom stereocenters. The van der Waals surface area contributed by atoms with Gasteiger partial charge in [0.1, 0.15) is 0 Å². The summed E-state index contributed by atoms with van der Waals surface area (Å²) in [7, 11) is 0. The van der Waals surface area contributed by atoms with Crippen LogP contribution in [-0.4, -0.2) is 29.6 Å². The third-order valence-electron chi connectivity index (χ3n) is 3.21. The van der Waals surface area contributed by atoms with Crippen molar-refractivity contribution in [1.82, 2.24) is 4.90 Å². The highest BCUT2D eigenvalue weighted by atomic mass is 15.2. The summed E-state index contributed by atoms with van der Waals surface area (Å²) in [5.41, 5.74) is 0. The molecule has 0 radical (unpaired) electrons. The molecule has 14 heavy (non-hydrogen) atoms. The summed E-state index contributed by atoms with van der Waals surface area (Å²) in [6.07, 6.45) is 2.28. The van der Waals surface area contributed by atoms with E-state index in [-0.39, 0.29) is 6.04 Å². The number of hydrogen-bond acceptors (Lipinski definition) is 1. The average molecular weight is 194 g/mol. The molecule has 2 heteroatoms. The highest BCUT2D eigenvalue weighted by Crippen LogP contribution is 2.27. The van der Waals surface area contributed by atoms with E-state index in [1.807, 2.05) is 0 Å². The molecular weight excluding hydrogens is 172 g/mol. The molecule has 1 fully saturated rings. The molecule has 2 atom stereocenters. The zero-order valence-electron chi connectivity index (χ0n) is 9.83. The Morgan fingerprint density at radius 1 is 1.29 bits per heavy atom. The number of likely N-dealkylation sites (tertiary alicyclic amines) is 1. The zero-order valence-corrected chi connectivity index (χ0v) is 9.83. The van der Waals surface area contributed by atoms with Crippen LogP contribution in [0.3, 0.4) is 0 Å². The van der Waals surface area contributed by atoms with Crippen LogP contribution in [0.4, 0.5) is 0 Å². The van der Waals surface area contributed by atoms with Gasteiger partial charge in [0.15, 0.2) is 0 Å². The standard InChI is InChI=1S/C12H22N2/c1-9(2)12-11(13-5)7-6-8-14(12)10(3)4/h9-12H,6-8H2,1-4H3. The largest absolute Gasteiger partial charge is 0.312 e. The van der Waals surface area contributed by atoms with Gasteiger partial charge in [-0.2, -0.15) is 0 Å². The first-order chi connectivity index (χ1) is 6.57. The molecule has 0 amide bonds. The van der Waals surface area contributed by atoms with E-state index in [1.165, 1.54) is 13.0 Å². The van der Waals surface area contributed by atoms with Gasteiger partial charge in [-0.15, -0.1) is 0 Å². The Kier molecular flexibility index (Phi) is 3.95. The van der Waals surface area contributed by atoms with Crippen LogP contribution in [-0.2, 0) is 0 Å². The topological polar surface area (TPSA) is 7.60 Å². The monoisotopic (exact) mass is 194 g/mol. The molecule has 2 nitrogen and oxygen atoms in total. The summed E-state index contributed by atoms with van der Waals surface area (Å²) < 4.78 is 0. The molecule has 80 valence electrons. The lowest BCUT2D eigenvalue weighted by molar-refractivity contribution is 0.0751. The Hall–Kier alpha value is -0.550. The fourth-order valence-corrected chi connectivity index (χ4v) is 2.59. The second-order valence-corrected chi connectivity index (χ2v) is 4.90. The van der Waals surface area contributed by atoms with Crippen LogP contribution >= 0.6 is 0 Å². The Labute approximate surface area is 88.1 Å². The van der Waals surface area contributed by atoms with Gasteiger partial charge in [0.05, 0.1) is 6.04 Å². The molecule has 0 aliphatic carbocycles. The van der Waals surface area contributed by atoms with Crippen molar-refractivity contribution in [3.05, 3.63) is 11.4 Å². The van der Waals surface area contributed by atoms with Gasteiger partial charge >= 0.3 is 0 Å². The maximum Gasteiger partial charge on any atom is 0.239 e. The lowest BCUT2D eigenvalue weighted by Crippen LogP contribution is -2.52. The molecule has 1 saturated heterocycles. The smallest absolute Gasteiger partial charge is 0.239 e. The lowest BCUT2D eigenvalue weighted by atomic mass is 9.87. The minimum absolute atomic E-state index is 0.228. The fourth-order valence-electron chi connectivity index (χ4n) is 2.59. The zero-order chi connectivity index (χ0) is 10.7. The SMILES string of the molecule is [C-]#[N+]C1CCCN(C(C)C)C1C(C)C. The second-order valence-electron chi connectivity index (χ2n) is 4.90. The third kappa shape index (κ3) is 2.27. The molecule has 0 bridgehead atoms. The van der Waals surface area contributed by atoms with Gasteiger partial charge in [0.25, 0.3) is 0 Å². The normalized spacial score (nSPS) is 29.5. The van der Waals surface area contributed by atoms with Gasteiger partial charge in [-0.1, -0.05) is 13.8 Å². The van der Waals surface area contributed by atoms with Crippen LogP contribution in [0.5, 0.6) is 0 Å². The van der Waals surface area contributed by atoms with Crippen molar-refractivity contribution in [3.8, 4) is 0 Å². The van der Waals surface area contributed by atoms with Gasteiger partial charge in [-0.05, 0) is 32.7 Å². The number of nitrogens with zero attached hydrogens (tertiary/aromatic N) is 2. The summed E-state index contributed by atoms with van der Waals surface area (Å²) in [6, 6.07) is 1.28. The maximum absolute atomic E-state index is 7.25. The van der Waals surface area contributed by atoms with Gasteiger partial charge in [0, 0.05) is 12.5 Å². The van der Waals surface area contributed by atoms with Crippen LogP contribution in [0.15, 0.2) is 0 Å². The van der Waals surface area contributed by atoms with E-state index in [0.29, 0.717) is 18.0 Å². The average Bonchev–Trinajstić information content (AvgIpc) is 2.16. The molecular formula is C12H22N2. The molecule has 0 aromatic rings. The van der Waals surface area contributed by atoms with Gasteiger partial charge < -0.3 is 4.85 Å². The van der Waals surface area contributed by atoms with E-state index in [9.17, 15) is 0 Å². The maximum atomic E-state index is 7.25. The first-order valence-electron chi connectivity index (χ1n) is 5.70. The summed E-state index contributed by atoms with van der Waals surface area (Å²) in [5.74, 6) is 0.594. The first-order valence-corrected chi connectivity index (χ1v) is 5.70. The number of piperidine rings is 1. The molecule has 0 saturated carbocycles. The molecule has 1 heterocycles. The van der Waals surface area contributed by atoms with Crippen LogP contribution < -0.4 is 0 Å². The van der Waals surface area contributed by atoms with Crippen LogP contribution in [0.2, 0.25) is 0 Å². The van der Waals surface area contributed by atoms with Crippen molar-refractivity contribution in [1.29, 1.82) is 0 Å². The quantitative estimate of drug-likeness (QED) is 0.613. The Balaban J connectivity index is 2.79. The fraction of sp³-hybridized carbons (Fsp3) is 0.917. The summed E-state index contributed by atoms with van der Waals surface area (Å²) in [6.45, 7) is 17.4. The Morgan fingerprint density at radius 3 is 2.36 bits per heavy atom. The lowest BCUT2D eigenvalue weighted by Gasteiger charge is -2.40. The Morgan fingerprint density at radius 2 is 1.93 bits per heavy atom. The van der Waals surface area contributed by atoms with Crippen molar-refractivity contribution in [2.24, 2.45) is 5.92 Å². The van der Waals surface area contributed by atoms with Crippen LogP contribution in [0.1, 0.15) is 40.5 Å². The summed E-state index contributed by atoms with van der Waals surface area (Å²) in [5, 5.41) is 0. The van der Waals surface area contributed by atoms with Crippen molar-refractivity contribution < 1.29 is 0 Å². The Bertz CT molecular complexity index is 215. The predicted molar refractivity (Wildman–Crippen MR) is 60.1 cm³/mol. The summed E-state index contributed by atoms with van der Waals surface area (Å²) >= 11 is 0. The van der Waals surface area contributed by atoms with E-state index in [0.717, 1.165) is 6.42 Å². The highest BCUT2D eigenvalue weighted by Gasteiger charge is 2.38. The molecule has 0 spiro atoms. The van der Waals surface area contributed by atoms with Crippen molar-refractivity contribution in [2.45, 2.75) is 58.7 Å². The summed E-state index contributed by atoms with van der Waals surface area (Å²) in [4.78, 5) is 6.30. The van der Waals surface area contributed by atoms with Crippen LogP contribution in [0, 0.1) is 12.5 Å². The number of hydrogen-bond donors (Lipinski definition) is 0. The molecule has 0 aromatic carbocycles. The second kappa shape index (κ2) is 4.79. The highest BCUT2D eigenvalue weighted by molar-refractivity contribution is 4.97. The molecule has 1 aliphatic rings. The van der Waals surface area contributed by atoms with Crippen molar-refractivity contribution in [2.75, 3.05) is 6.54 Å². The van der Waals surface area contributed by atoms with E-state index in [4.69, 9.17) is 6.57 Å².